The lowest BCUT2D eigenvalue weighted by molar-refractivity contribution is -0.131. The number of carbonyl (C=O) groups is 4. The third-order valence-corrected chi connectivity index (χ3v) is 5.91. The molecule has 1 N–H and O–H groups in total. The minimum absolute atomic E-state index is 0.0119. The van der Waals surface area contributed by atoms with Gasteiger partial charge in [0.25, 0.3) is 11.1 Å². The van der Waals surface area contributed by atoms with Gasteiger partial charge < -0.3 is 5.32 Å². The molecular weight excluding hydrogens is 383 g/mol. The van der Waals surface area contributed by atoms with E-state index in [1.807, 2.05) is 6.92 Å². The van der Waals surface area contributed by atoms with Crippen molar-refractivity contribution in [3.8, 4) is 0 Å². The number of ketones is 1. The number of Topliss-reactive ketones (excluding diaryl/α,β-unsaturated/α-hetero) is 1. The Morgan fingerprint density at radius 3 is 2.79 bits per heavy atom. The van der Waals surface area contributed by atoms with E-state index in [0.717, 1.165) is 16.7 Å². The first kappa shape index (κ1) is 20.3. The second kappa shape index (κ2) is 8.68. The van der Waals surface area contributed by atoms with Gasteiger partial charge in [0.1, 0.15) is 11.6 Å². The molecule has 0 spiro atoms. The van der Waals surface area contributed by atoms with E-state index in [-0.39, 0.29) is 47.1 Å². The van der Waals surface area contributed by atoms with E-state index in [0.29, 0.717) is 19.3 Å². The zero-order valence-corrected chi connectivity index (χ0v) is 16.3. The van der Waals surface area contributed by atoms with Crippen molar-refractivity contribution in [2.24, 2.45) is 11.8 Å². The summed E-state index contributed by atoms with van der Waals surface area (Å²) in [4.78, 5) is 49.5. The van der Waals surface area contributed by atoms with Crippen LogP contribution in [0, 0.1) is 17.7 Å². The van der Waals surface area contributed by atoms with Crippen molar-refractivity contribution in [1.82, 2.24) is 10.2 Å². The maximum Gasteiger partial charge on any atom is 0.293 e. The highest BCUT2D eigenvalue weighted by Gasteiger charge is 2.35. The van der Waals surface area contributed by atoms with Gasteiger partial charge in [-0.3, -0.25) is 24.1 Å². The standard InChI is InChI=1S/C20H21FN2O4S/c1-12-10-14(24)6-7-15(12)18(25)22-8-9-23-19(26)17(28-20(23)27)11-13-4-2-3-5-16(13)21/h2-5,11-12,15H,6-10H2,1H3,(H,22,25)/b17-11-. The van der Waals surface area contributed by atoms with Gasteiger partial charge in [-0.25, -0.2) is 4.39 Å². The van der Waals surface area contributed by atoms with E-state index in [2.05, 4.69) is 5.32 Å². The molecule has 0 radical (unpaired) electrons. The van der Waals surface area contributed by atoms with Crippen LogP contribution in [0.25, 0.3) is 6.08 Å². The number of nitrogens with one attached hydrogen (secondary N) is 1. The minimum atomic E-state index is -0.496. The quantitative estimate of drug-likeness (QED) is 0.763. The van der Waals surface area contributed by atoms with E-state index in [1.165, 1.54) is 18.2 Å². The van der Waals surface area contributed by atoms with Crippen LogP contribution in [-0.4, -0.2) is 40.8 Å². The van der Waals surface area contributed by atoms with Crippen LogP contribution in [-0.2, 0) is 14.4 Å². The van der Waals surface area contributed by atoms with Gasteiger partial charge in [-0.05, 0) is 36.2 Å². The molecule has 1 saturated heterocycles. The molecule has 1 aliphatic carbocycles. The SMILES string of the molecule is CC1CC(=O)CCC1C(=O)NCCN1C(=O)S/C(=C\c2ccccc2F)C1=O. The van der Waals surface area contributed by atoms with Crippen LogP contribution in [0.4, 0.5) is 9.18 Å². The Balaban J connectivity index is 1.56. The predicted molar refractivity (Wildman–Crippen MR) is 104 cm³/mol. The predicted octanol–water partition coefficient (Wildman–Crippen LogP) is 2.98. The first-order valence-electron chi connectivity index (χ1n) is 9.16. The van der Waals surface area contributed by atoms with Crippen LogP contribution in [0.5, 0.6) is 0 Å². The first-order chi connectivity index (χ1) is 13.4. The van der Waals surface area contributed by atoms with Crippen LogP contribution in [0.15, 0.2) is 29.2 Å². The summed E-state index contributed by atoms with van der Waals surface area (Å²) >= 11 is 0.755. The smallest absolute Gasteiger partial charge is 0.293 e. The number of thioether (sulfide) groups is 1. The van der Waals surface area contributed by atoms with Crippen LogP contribution >= 0.6 is 11.8 Å². The molecule has 2 fully saturated rings. The molecule has 6 nitrogen and oxygen atoms in total. The average Bonchev–Trinajstić information content (AvgIpc) is 2.91. The fraction of sp³-hybridized carbons (Fsp3) is 0.400. The molecule has 1 heterocycles. The lowest BCUT2D eigenvalue weighted by Gasteiger charge is -2.27. The Morgan fingerprint density at radius 2 is 2.07 bits per heavy atom. The highest BCUT2D eigenvalue weighted by Crippen LogP contribution is 2.32. The topological polar surface area (TPSA) is 83.6 Å². The lowest BCUT2D eigenvalue weighted by atomic mass is 9.79. The zero-order chi connectivity index (χ0) is 20.3. The Kier molecular flexibility index (Phi) is 6.28. The molecular formula is C20H21FN2O4S. The Morgan fingerprint density at radius 1 is 1.32 bits per heavy atom. The molecule has 2 aliphatic rings. The van der Waals surface area contributed by atoms with Crippen molar-refractivity contribution >= 4 is 40.7 Å². The Labute approximate surface area is 166 Å². The summed E-state index contributed by atoms with van der Waals surface area (Å²) in [5.41, 5.74) is 0.238. The van der Waals surface area contributed by atoms with E-state index in [9.17, 15) is 23.6 Å². The first-order valence-corrected chi connectivity index (χ1v) is 9.97. The van der Waals surface area contributed by atoms with Gasteiger partial charge in [-0.15, -0.1) is 0 Å². The summed E-state index contributed by atoms with van der Waals surface area (Å²) < 4.78 is 13.8. The number of nitrogens with zero attached hydrogens (tertiary/aromatic N) is 1. The molecule has 0 bridgehead atoms. The normalized spacial score (nSPS) is 24.1. The van der Waals surface area contributed by atoms with Crippen LogP contribution < -0.4 is 5.32 Å². The second-order valence-electron chi connectivity index (χ2n) is 7.01. The molecule has 148 valence electrons. The number of amides is 3. The number of hydrogen-bond donors (Lipinski definition) is 1. The molecule has 8 heteroatoms. The minimum Gasteiger partial charge on any atom is -0.354 e. The molecule has 3 rings (SSSR count). The van der Waals surface area contributed by atoms with Crippen molar-refractivity contribution in [2.45, 2.75) is 26.2 Å². The van der Waals surface area contributed by atoms with Crippen molar-refractivity contribution in [3.63, 3.8) is 0 Å². The van der Waals surface area contributed by atoms with Gasteiger partial charge in [0.05, 0.1) is 4.91 Å². The van der Waals surface area contributed by atoms with Crippen LogP contribution in [0.3, 0.4) is 0 Å². The fourth-order valence-corrected chi connectivity index (χ4v) is 4.30. The van der Waals surface area contributed by atoms with Gasteiger partial charge in [-0.2, -0.15) is 0 Å². The molecule has 2 unspecified atom stereocenters. The molecule has 1 aromatic rings. The van der Waals surface area contributed by atoms with E-state index in [1.54, 1.807) is 12.1 Å². The second-order valence-corrected chi connectivity index (χ2v) is 8.00. The molecule has 3 amide bonds. The zero-order valence-electron chi connectivity index (χ0n) is 15.4. The molecule has 2 atom stereocenters. The van der Waals surface area contributed by atoms with Gasteiger partial charge in [0, 0.05) is 37.4 Å². The van der Waals surface area contributed by atoms with E-state index in [4.69, 9.17) is 0 Å². The van der Waals surface area contributed by atoms with Gasteiger partial charge in [-0.1, -0.05) is 25.1 Å². The molecule has 1 aliphatic heterocycles. The summed E-state index contributed by atoms with van der Waals surface area (Å²) in [6.45, 7) is 2.07. The maximum absolute atomic E-state index is 13.8. The molecule has 28 heavy (non-hydrogen) atoms. The van der Waals surface area contributed by atoms with Crippen molar-refractivity contribution < 1.29 is 23.6 Å². The van der Waals surface area contributed by atoms with E-state index >= 15 is 0 Å². The van der Waals surface area contributed by atoms with Crippen LogP contribution in [0.1, 0.15) is 31.7 Å². The number of imide groups is 1. The van der Waals surface area contributed by atoms with E-state index < -0.39 is 17.0 Å². The molecule has 0 aromatic heterocycles. The summed E-state index contributed by atoms with van der Waals surface area (Å²) in [6.07, 6.45) is 2.70. The highest BCUT2D eigenvalue weighted by molar-refractivity contribution is 8.18. The monoisotopic (exact) mass is 404 g/mol. The van der Waals surface area contributed by atoms with Crippen molar-refractivity contribution in [3.05, 3.63) is 40.6 Å². The van der Waals surface area contributed by atoms with Crippen molar-refractivity contribution in [2.75, 3.05) is 13.1 Å². The summed E-state index contributed by atoms with van der Waals surface area (Å²) in [5, 5.41) is 2.31. The largest absolute Gasteiger partial charge is 0.354 e. The van der Waals surface area contributed by atoms with Gasteiger partial charge >= 0.3 is 0 Å². The average molecular weight is 404 g/mol. The molecule has 1 saturated carbocycles. The fourth-order valence-electron chi connectivity index (χ4n) is 3.44. The Bertz CT molecular complexity index is 854. The third kappa shape index (κ3) is 4.49. The Hall–Kier alpha value is -2.48. The number of benzene rings is 1. The summed E-state index contributed by atoms with van der Waals surface area (Å²) in [6, 6.07) is 6.00. The molecule has 1 aromatic carbocycles. The maximum atomic E-state index is 13.8. The lowest BCUT2D eigenvalue weighted by Crippen LogP contribution is -2.42. The van der Waals surface area contributed by atoms with Gasteiger partial charge in [0.15, 0.2) is 0 Å². The summed E-state index contributed by atoms with van der Waals surface area (Å²) in [5.74, 6) is -1.19. The third-order valence-electron chi connectivity index (χ3n) is 5.01. The van der Waals surface area contributed by atoms with Crippen LogP contribution in [0.2, 0.25) is 0 Å². The number of rotatable bonds is 5. The van der Waals surface area contributed by atoms with Crippen molar-refractivity contribution in [1.29, 1.82) is 0 Å². The highest BCUT2D eigenvalue weighted by atomic mass is 32.2. The van der Waals surface area contributed by atoms with Gasteiger partial charge in [0.2, 0.25) is 5.91 Å². The number of halogens is 1. The number of hydrogen-bond acceptors (Lipinski definition) is 5. The number of carbonyl (C=O) groups excluding carboxylic acids is 4. The summed E-state index contributed by atoms with van der Waals surface area (Å²) in [7, 11) is 0.